The van der Waals surface area contributed by atoms with Gasteiger partial charge in [0.2, 0.25) is 0 Å². The number of nitro groups is 2. The molecular weight excluding hydrogens is 1170 g/mol. The fourth-order valence-electron chi connectivity index (χ4n) is 10.3. The van der Waals surface area contributed by atoms with Crippen LogP contribution in [0.5, 0.6) is 23.0 Å². The molecule has 1 heterocycles. The van der Waals surface area contributed by atoms with Crippen molar-refractivity contribution in [3.8, 4) is 23.0 Å². The Balaban J connectivity index is 1.39. The number of carbonyl (C=O) groups excluding carboxylic acids is 2. The van der Waals surface area contributed by atoms with Gasteiger partial charge in [0.15, 0.2) is 13.2 Å². The van der Waals surface area contributed by atoms with Gasteiger partial charge in [-0.05, 0) is 113 Å². The van der Waals surface area contributed by atoms with Crippen molar-refractivity contribution in [3.05, 3.63) is 184 Å². The zero-order valence-corrected chi connectivity index (χ0v) is 53.6. The maximum atomic E-state index is 14.0. The number of ether oxygens (including phenoxy) is 6. The number of nitrogens with one attached hydrogen (secondary N) is 2. The SMILES string of the molecule is CC(C)(C)c1cc2c3c(c1)Cc1cc(C(C)(C)C)cc(c1OCC(=O)NS(=O)(=O)c1ccc([N+](=O)[O-])cc1)Cc1cc(C(C)(C)C)cc(c1OCCOCCOCCO3)Cc1cc(C(C)(C)C)cc(c1OCC(=O)NS(=O)(=O)c1ccc([N+](=O)[O-])cc1)C2. The van der Waals surface area contributed by atoms with Gasteiger partial charge in [0.25, 0.3) is 43.2 Å². The number of non-ortho nitro benzene ring substituents is 2. The lowest BCUT2D eigenvalue weighted by Gasteiger charge is -2.29. The molecule has 8 rings (SSSR count). The van der Waals surface area contributed by atoms with Gasteiger partial charge in [0.1, 0.15) is 36.2 Å². The van der Waals surface area contributed by atoms with E-state index in [2.05, 4.69) is 117 Å². The number of nitro benzene ring substituents is 2. The van der Waals surface area contributed by atoms with E-state index in [9.17, 15) is 46.7 Å². The Morgan fingerprint density at radius 1 is 0.432 bits per heavy atom. The molecule has 2 N–H and O–H groups in total. The Morgan fingerprint density at radius 3 is 0.932 bits per heavy atom. The molecule has 1 aliphatic carbocycles. The van der Waals surface area contributed by atoms with Crippen molar-refractivity contribution in [1.29, 1.82) is 0 Å². The first kappa shape index (κ1) is 66.0. The van der Waals surface area contributed by atoms with Crippen molar-refractivity contribution >= 4 is 43.2 Å². The Hall–Kier alpha value is -7.92. The number of rotatable bonds is 12. The third-order valence-corrected chi connectivity index (χ3v) is 18.0. The summed E-state index contributed by atoms with van der Waals surface area (Å²) in [6, 6.07) is 24.9. The molecule has 0 spiro atoms. The largest absolute Gasteiger partial charge is 0.491 e. The summed E-state index contributed by atoms with van der Waals surface area (Å²) in [4.78, 5) is 48.8. The molecule has 2 aliphatic rings. The molecule has 6 aromatic rings. The van der Waals surface area contributed by atoms with Crippen molar-refractivity contribution in [2.75, 3.05) is 52.9 Å². The van der Waals surface area contributed by atoms with Crippen LogP contribution in [0.15, 0.2) is 107 Å². The number of sulfonamides is 2. The van der Waals surface area contributed by atoms with Gasteiger partial charge in [-0.2, -0.15) is 0 Å². The summed E-state index contributed by atoms with van der Waals surface area (Å²) >= 11 is 0. The summed E-state index contributed by atoms with van der Waals surface area (Å²) in [5.74, 6) is -0.340. The van der Waals surface area contributed by atoms with Crippen LogP contribution in [0.2, 0.25) is 0 Å². The van der Waals surface area contributed by atoms with Crippen LogP contribution >= 0.6 is 0 Å². The smallest absolute Gasteiger partial charge is 0.271 e. The highest BCUT2D eigenvalue weighted by atomic mass is 32.2. The van der Waals surface area contributed by atoms with E-state index < -0.39 is 76.6 Å². The van der Waals surface area contributed by atoms with Gasteiger partial charge < -0.3 is 28.4 Å². The number of nitrogens with zero attached hydrogens (tertiary/aromatic N) is 2. The number of fused-ring (bicyclic) bond motifs is 2. The van der Waals surface area contributed by atoms with Gasteiger partial charge in [0, 0.05) is 49.9 Å². The highest BCUT2D eigenvalue weighted by Gasteiger charge is 2.31. The molecule has 470 valence electrons. The first-order valence-corrected chi connectivity index (χ1v) is 32.0. The summed E-state index contributed by atoms with van der Waals surface area (Å²) in [7, 11) is -9.04. The van der Waals surface area contributed by atoms with E-state index in [1.807, 2.05) is 24.3 Å². The molecule has 0 atom stereocenters. The van der Waals surface area contributed by atoms with Crippen LogP contribution in [-0.4, -0.2) is 91.4 Å². The van der Waals surface area contributed by atoms with Crippen LogP contribution in [0.1, 0.15) is 150 Å². The van der Waals surface area contributed by atoms with Gasteiger partial charge in [-0.25, -0.2) is 26.3 Å². The zero-order chi connectivity index (χ0) is 64.3. The molecule has 6 aromatic carbocycles. The lowest BCUT2D eigenvalue weighted by atomic mass is 9.79. The molecule has 88 heavy (non-hydrogen) atoms. The quantitative estimate of drug-likeness (QED) is 0.0850. The molecule has 0 radical (unpaired) electrons. The lowest BCUT2D eigenvalue weighted by molar-refractivity contribution is -0.385. The average Bonchev–Trinajstić information content (AvgIpc) is 0.897. The second kappa shape index (κ2) is 26.0. The van der Waals surface area contributed by atoms with Gasteiger partial charge >= 0.3 is 0 Å². The number of hydrogen-bond donors (Lipinski definition) is 2. The van der Waals surface area contributed by atoms with Crippen molar-refractivity contribution in [2.45, 2.75) is 140 Å². The van der Waals surface area contributed by atoms with Crippen molar-refractivity contribution in [3.63, 3.8) is 0 Å². The standard InChI is InChI=1S/C66H78N4O16S2/c1-63(2,3)49-31-41-27-45-35-51(65(7,8)9)37-47(61(45)85-39-57(71)67-87(77,78)55-17-13-53(14-18-55)69(73)74)29-43-33-50(64(4,5)6)34-44-30-48-38-52(66(10,11)12)36-46(28-42(32-49)59(41)83-25-23-81-21-22-82-24-26-84-60(43)44)62(48)86-40-58(72)68-88(79,80)56-19-15-54(16-20-56)70(75)76/h13-20,31-38H,21-30,39-40H2,1-12H3,(H,67,71)(H,68,72). The van der Waals surface area contributed by atoms with E-state index in [0.717, 1.165) is 93.0 Å². The minimum absolute atomic E-state index is 0.102. The summed E-state index contributed by atoms with van der Waals surface area (Å²) in [5.41, 5.74) is 6.78. The highest BCUT2D eigenvalue weighted by Crippen LogP contribution is 2.45. The normalized spacial score (nSPS) is 14.5. The molecule has 20 nitrogen and oxygen atoms in total. The number of amides is 2. The predicted octanol–water partition coefficient (Wildman–Crippen LogP) is 10.9. The van der Waals surface area contributed by atoms with E-state index in [0.29, 0.717) is 45.3 Å². The van der Waals surface area contributed by atoms with Gasteiger partial charge in [0.05, 0.1) is 46.1 Å². The monoisotopic (exact) mass is 1250 g/mol. The first-order valence-electron chi connectivity index (χ1n) is 29.0. The molecule has 22 heteroatoms. The van der Waals surface area contributed by atoms with Crippen LogP contribution in [0, 0.1) is 20.2 Å². The number of carbonyl (C=O) groups is 2. The average molecular weight is 1250 g/mol. The lowest BCUT2D eigenvalue weighted by Crippen LogP contribution is -2.34. The van der Waals surface area contributed by atoms with Gasteiger partial charge in [-0.1, -0.05) is 132 Å². The Labute approximate surface area is 515 Å². The molecule has 2 amide bonds. The van der Waals surface area contributed by atoms with Gasteiger partial charge in [-0.3, -0.25) is 29.8 Å². The van der Waals surface area contributed by atoms with E-state index >= 15 is 0 Å². The Bertz CT molecular complexity index is 3520. The molecule has 1 aliphatic heterocycles. The molecule has 10 bridgehead atoms. The van der Waals surface area contributed by atoms with Crippen LogP contribution in [0.3, 0.4) is 0 Å². The van der Waals surface area contributed by atoms with Crippen LogP contribution in [0.4, 0.5) is 11.4 Å². The number of benzene rings is 6. The summed E-state index contributed by atoms with van der Waals surface area (Å²) in [6.45, 7) is 24.8. The topological polar surface area (TPSA) is 268 Å². The van der Waals surface area contributed by atoms with Crippen molar-refractivity contribution in [2.24, 2.45) is 0 Å². The zero-order valence-electron chi connectivity index (χ0n) is 52.0. The summed E-state index contributed by atoms with van der Waals surface area (Å²) in [5, 5.41) is 22.8. The molecule has 0 saturated heterocycles. The second-order valence-corrected chi connectivity index (χ2v) is 29.6. The maximum Gasteiger partial charge on any atom is 0.271 e. The summed E-state index contributed by atoms with van der Waals surface area (Å²) < 4.78 is 98.2. The third-order valence-electron chi connectivity index (χ3n) is 15.2. The molecule has 0 aromatic heterocycles. The van der Waals surface area contributed by atoms with Crippen LogP contribution in [0.25, 0.3) is 0 Å². The Morgan fingerprint density at radius 2 is 0.682 bits per heavy atom. The highest BCUT2D eigenvalue weighted by molar-refractivity contribution is 7.90. The predicted molar refractivity (Wildman–Crippen MR) is 332 cm³/mol. The molecular formula is C66H78N4O16S2. The maximum absolute atomic E-state index is 14.0. The van der Waals surface area contributed by atoms with Crippen molar-refractivity contribution in [1.82, 2.24) is 9.44 Å². The van der Waals surface area contributed by atoms with E-state index in [1.165, 1.54) is 0 Å². The molecule has 0 fully saturated rings. The number of hydrogen-bond acceptors (Lipinski definition) is 16. The fourth-order valence-corrected chi connectivity index (χ4v) is 12.3. The first-order chi connectivity index (χ1) is 41.1. The second-order valence-electron chi connectivity index (χ2n) is 26.3. The van der Waals surface area contributed by atoms with E-state index in [4.69, 9.17) is 28.4 Å². The minimum atomic E-state index is -4.52. The van der Waals surface area contributed by atoms with Crippen LogP contribution < -0.4 is 28.4 Å². The van der Waals surface area contributed by atoms with E-state index in [-0.39, 0.29) is 86.5 Å². The Kier molecular flexibility index (Phi) is 19.5. The fraction of sp³-hybridized carbons (Fsp3) is 0.424. The molecule has 0 saturated carbocycles. The van der Waals surface area contributed by atoms with Gasteiger partial charge in [-0.15, -0.1) is 0 Å². The van der Waals surface area contributed by atoms with Crippen LogP contribution in [-0.2, 0) is 86.5 Å². The minimum Gasteiger partial charge on any atom is -0.491 e. The van der Waals surface area contributed by atoms with E-state index in [1.54, 1.807) is 0 Å². The van der Waals surface area contributed by atoms with Crippen molar-refractivity contribution < 1.29 is 64.7 Å². The summed E-state index contributed by atoms with van der Waals surface area (Å²) in [6.07, 6.45) is 0.637. The molecule has 0 unspecified atom stereocenters. The third kappa shape index (κ3) is 16.2.